The predicted octanol–water partition coefficient (Wildman–Crippen LogP) is 3.23. The van der Waals surface area contributed by atoms with Gasteiger partial charge in [0.1, 0.15) is 15.5 Å². The summed E-state index contributed by atoms with van der Waals surface area (Å²) in [4.78, 5) is 20.5. The van der Waals surface area contributed by atoms with Gasteiger partial charge in [-0.2, -0.15) is 0 Å². The van der Waals surface area contributed by atoms with E-state index in [2.05, 4.69) is 20.0 Å². The molecule has 2 heterocycles. The van der Waals surface area contributed by atoms with Crippen LogP contribution in [-0.4, -0.2) is 36.5 Å². The summed E-state index contributed by atoms with van der Waals surface area (Å²) in [6.45, 7) is 5.24. The Labute approximate surface area is 177 Å². The number of carbonyl (C=O) groups excluding carboxylic acids is 1. The molecule has 9 nitrogen and oxygen atoms in total. The van der Waals surface area contributed by atoms with Crippen LogP contribution in [0.1, 0.15) is 26.4 Å². The Morgan fingerprint density at radius 1 is 1.17 bits per heavy atom. The molecule has 11 heteroatoms. The van der Waals surface area contributed by atoms with Crippen molar-refractivity contribution in [3.63, 3.8) is 0 Å². The van der Waals surface area contributed by atoms with Crippen LogP contribution in [-0.2, 0) is 10.0 Å². The van der Waals surface area contributed by atoms with E-state index in [9.17, 15) is 18.3 Å². The smallest absolute Gasteiger partial charge is 0.267 e. The van der Waals surface area contributed by atoms with Gasteiger partial charge in [0.2, 0.25) is 5.82 Å². The lowest BCUT2D eigenvalue weighted by Gasteiger charge is -2.15. The number of amides is 1. The molecule has 3 N–H and O–H groups in total. The first kappa shape index (κ1) is 21.5. The minimum absolute atomic E-state index is 0.00341. The Balaban J connectivity index is 1.93. The fraction of sp³-hybridized carbons (Fsp3) is 0.211. The molecule has 0 aliphatic heterocycles. The third-order valence-electron chi connectivity index (χ3n) is 4.38. The molecule has 2 aromatic heterocycles. The van der Waals surface area contributed by atoms with Crippen LogP contribution in [0, 0.1) is 20.8 Å². The number of hydrogen-bond acceptors (Lipinski definition) is 8. The number of aromatic nitrogens is 2. The van der Waals surface area contributed by atoms with Gasteiger partial charge in [-0.05, 0) is 43.3 Å². The largest absolute Gasteiger partial charge is 0.507 e. The van der Waals surface area contributed by atoms with Crippen molar-refractivity contribution in [1.82, 2.24) is 9.97 Å². The lowest BCUT2D eigenvalue weighted by Crippen LogP contribution is -2.20. The SMILES string of the molecule is COc1nccnc1NS(=O)(=O)c1ccsc1C(=O)Nc1c(C)cc(C)c(O)c1C. The van der Waals surface area contributed by atoms with Gasteiger partial charge in [0.05, 0.1) is 12.8 Å². The van der Waals surface area contributed by atoms with Crippen LogP contribution in [0.4, 0.5) is 11.5 Å². The molecule has 0 bridgehead atoms. The van der Waals surface area contributed by atoms with Gasteiger partial charge < -0.3 is 15.2 Å². The van der Waals surface area contributed by atoms with Crippen LogP contribution >= 0.6 is 11.3 Å². The fourth-order valence-electron chi connectivity index (χ4n) is 2.94. The number of aromatic hydroxyl groups is 1. The molecular weight excluding hydrogens is 428 g/mol. The number of hydrogen-bond donors (Lipinski definition) is 3. The van der Waals surface area contributed by atoms with Gasteiger partial charge in [-0.3, -0.25) is 9.52 Å². The van der Waals surface area contributed by atoms with Crippen molar-refractivity contribution in [3.8, 4) is 11.6 Å². The molecule has 0 atom stereocenters. The van der Waals surface area contributed by atoms with E-state index in [0.29, 0.717) is 16.8 Å². The second-order valence-corrected chi connectivity index (χ2v) is 9.01. The number of thiophene rings is 1. The van der Waals surface area contributed by atoms with Gasteiger partial charge in [0, 0.05) is 18.0 Å². The van der Waals surface area contributed by atoms with Crippen LogP contribution in [0.3, 0.4) is 0 Å². The average Bonchev–Trinajstić information content (AvgIpc) is 3.21. The normalized spacial score (nSPS) is 11.2. The van der Waals surface area contributed by atoms with Crippen molar-refractivity contribution in [2.45, 2.75) is 25.7 Å². The average molecular weight is 449 g/mol. The summed E-state index contributed by atoms with van der Waals surface area (Å²) >= 11 is 0.982. The summed E-state index contributed by atoms with van der Waals surface area (Å²) in [6.07, 6.45) is 2.68. The number of rotatable bonds is 6. The number of benzene rings is 1. The van der Waals surface area contributed by atoms with E-state index in [-0.39, 0.29) is 27.2 Å². The molecule has 0 radical (unpaired) electrons. The van der Waals surface area contributed by atoms with E-state index in [1.165, 1.54) is 30.9 Å². The van der Waals surface area contributed by atoms with Gasteiger partial charge >= 0.3 is 0 Å². The zero-order chi connectivity index (χ0) is 22.1. The summed E-state index contributed by atoms with van der Waals surface area (Å²) in [5, 5.41) is 14.4. The minimum Gasteiger partial charge on any atom is -0.507 e. The molecule has 1 amide bonds. The van der Waals surface area contributed by atoms with Crippen molar-refractivity contribution in [1.29, 1.82) is 0 Å². The number of phenols is 1. The molecule has 158 valence electrons. The van der Waals surface area contributed by atoms with E-state index in [4.69, 9.17) is 4.74 Å². The number of methoxy groups -OCH3 is 1. The van der Waals surface area contributed by atoms with Crippen molar-refractivity contribution in [2.75, 3.05) is 17.1 Å². The van der Waals surface area contributed by atoms with Crippen LogP contribution in [0.15, 0.2) is 34.8 Å². The van der Waals surface area contributed by atoms with E-state index >= 15 is 0 Å². The van der Waals surface area contributed by atoms with Gasteiger partial charge in [-0.15, -0.1) is 11.3 Å². The summed E-state index contributed by atoms with van der Waals surface area (Å²) in [5.74, 6) is -0.617. The van der Waals surface area contributed by atoms with Gasteiger partial charge in [0.15, 0.2) is 0 Å². The lowest BCUT2D eigenvalue weighted by molar-refractivity contribution is 0.102. The van der Waals surface area contributed by atoms with Gasteiger partial charge in [-0.25, -0.2) is 18.4 Å². The minimum atomic E-state index is -4.14. The number of nitrogens with one attached hydrogen (secondary N) is 2. The van der Waals surface area contributed by atoms with Crippen molar-refractivity contribution >= 4 is 38.8 Å². The highest BCUT2D eigenvalue weighted by molar-refractivity contribution is 7.93. The molecule has 0 unspecified atom stereocenters. The van der Waals surface area contributed by atoms with Gasteiger partial charge in [-0.1, -0.05) is 6.07 Å². The standard InChI is InChI=1S/C19H20N4O5S2/c1-10-9-11(2)15(24)12(3)14(10)22-18(25)16-13(5-8-29-16)30(26,27)23-17-19(28-4)21-7-6-20-17/h5-9,24H,1-4H3,(H,20,23)(H,22,25). The Morgan fingerprint density at radius 3 is 2.57 bits per heavy atom. The summed E-state index contributed by atoms with van der Waals surface area (Å²) in [6, 6.07) is 3.07. The molecule has 0 saturated carbocycles. The third-order valence-corrected chi connectivity index (χ3v) is 6.81. The second-order valence-electron chi connectivity index (χ2n) is 6.45. The summed E-state index contributed by atoms with van der Waals surface area (Å²) in [7, 11) is -2.80. The number of nitrogens with zero attached hydrogens (tertiary/aromatic N) is 2. The summed E-state index contributed by atoms with van der Waals surface area (Å²) in [5.41, 5.74) is 2.37. The number of sulfonamides is 1. The first-order valence-electron chi connectivity index (χ1n) is 8.72. The Kier molecular flexibility index (Phi) is 5.94. The van der Waals surface area contributed by atoms with Crippen molar-refractivity contribution in [3.05, 3.63) is 51.5 Å². The molecule has 0 saturated heterocycles. The molecule has 3 rings (SSSR count). The first-order valence-corrected chi connectivity index (χ1v) is 11.1. The topological polar surface area (TPSA) is 131 Å². The van der Waals surface area contributed by atoms with Crippen LogP contribution in [0.25, 0.3) is 0 Å². The van der Waals surface area contributed by atoms with Crippen LogP contribution in [0.2, 0.25) is 0 Å². The van der Waals surface area contributed by atoms with Crippen molar-refractivity contribution < 1.29 is 23.1 Å². The Hall–Kier alpha value is -3.18. The Bertz CT molecular complexity index is 1220. The zero-order valence-electron chi connectivity index (χ0n) is 16.7. The molecule has 0 fully saturated rings. The number of aryl methyl sites for hydroxylation is 2. The van der Waals surface area contributed by atoms with E-state index < -0.39 is 15.9 Å². The maximum Gasteiger partial charge on any atom is 0.267 e. The summed E-state index contributed by atoms with van der Waals surface area (Å²) < 4.78 is 33.1. The van der Waals surface area contributed by atoms with E-state index in [1.54, 1.807) is 26.8 Å². The van der Waals surface area contributed by atoms with Gasteiger partial charge in [0.25, 0.3) is 21.8 Å². The second kappa shape index (κ2) is 8.28. The predicted molar refractivity (Wildman–Crippen MR) is 114 cm³/mol. The highest BCUT2D eigenvalue weighted by atomic mass is 32.2. The van der Waals surface area contributed by atoms with Crippen molar-refractivity contribution in [2.24, 2.45) is 0 Å². The maximum atomic E-state index is 12.9. The quantitative estimate of drug-likeness (QED) is 0.528. The number of phenolic OH excluding ortho intramolecular Hbond substituents is 1. The fourth-order valence-corrected chi connectivity index (χ4v) is 5.27. The zero-order valence-corrected chi connectivity index (χ0v) is 18.3. The van der Waals surface area contributed by atoms with Crippen LogP contribution < -0.4 is 14.8 Å². The maximum absolute atomic E-state index is 12.9. The number of ether oxygens (including phenoxy) is 1. The molecule has 1 aromatic carbocycles. The number of carbonyl (C=O) groups is 1. The molecular formula is C19H20N4O5S2. The highest BCUT2D eigenvalue weighted by Gasteiger charge is 2.26. The molecule has 30 heavy (non-hydrogen) atoms. The molecule has 0 aliphatic carbocycles. The third kappa shape index (κ3) is 4.07. The Morgan fingerprint density at radius 2 is 1.87 bits per heavy atom. The molecule has 0 aliphatic rings. The first-order chi connectivity index (χ1) is 14.2. The monoisotopic (exact) mass is 448 g/mol. The van der Waals surface area contributed by atoms with Crippen LogP contribution in [0.5, 0.6) is 11.6 Å². The highest BCUT2D eigenvalue weighted by Crippen LogP contribution is 2.33. The number of anilines is 2. The lowest BCUT2D eigenvalue weighted by atomic mass is 10.0. The van der Waals surface area contributed by atoms with E-state index in [1.807, 2.05) is 0 Å². The molecule has 3 aromatic rings. The molecule has 0 spiro atoms. The van der Waals surface area contributed by atoms with E-state index in [0.717, 1.165) is 16.9 Å².